The lowest BCUT2D eigenvalue weighted by molar-refractivity contribution is -0.139. The highest BCUT2D eigenvalue weighted by Gasteiger charge is 2.32. The molecule has 2 amide bonds. The predicted octanol–water partition coefficient (Wildman–Crippen LogP) is 1.56. The SMILES string of the molecule is O=C(c1cc(-c2ccncc2)n[nH]1)N1CCN(C(=O)C2CCC2)CC1. The van der Waals surface area contributed by atoms with E-state index in [1.165, 1.54) is 0 Å². The van der Waals surface area contributed by atoms with Crippen LogP contribution in [0.1, 0.15) is 29.8 Å². The molecule has 3 heterocycles. The molecule has 0 unspecified atom stereocenters. The van der Waals surface area contributed by atoms with Crippen LogP contribution in [0.15, 0.2) is 30.6 Å². The molecule has 130 valence electrons. The second-order valence-electron chi connectivity index (χ2n) is 6.65. The van der Waals surface area contributed by atoms with Crippen molar-refractivity contribution in [2.24, 2.45) is 5.92 Å². The Morgan fingerprint density at radius 2 is 1.72 bits per heavy atom. The van der Waals surface area contributed by atoms with Crippen LogP contribution in [-0.4, -0.2) is 63.0 Å². The first-order chi connectivity index (χ1) is 12.2. The third kappa shape index (κ3) is 3.14. The Morgan fingerprint density at radius 1 is 1.04 bits per heavy atom. The monoisotopic (exact) mass is 339 g/mol. The number of carbonyl (C=O) groups excluding carboxylic acids is 2. The zero-order valence-corrected chi connectivity index (χ0v) is 14.0. The van der Waals surface area contributed by atoms with Gasteiger partial charge in [-0.1, -0.05) is 6.42 Å². The predicted molar refractivity (Wildman–Crippen MR) is 91.6 cm³/mol. The Balaban J connectivity index is 1.37. The molecule has 1 saturated heterocycles. The van der Waals surface area contributed by atoms with Gasteiger partial charge in [0.25, 0.3) is 5.91 Å². The van der Waals surface area contributed by atoms with Gasteiger partial charge in [0.2, 0.25) is 5.91 Å². The minimum absolute atomic E-state index is 0.0662. The molecule has 1 aliphatic carbocycles. The van der Waals surface area contributed by atoms with Crippen molar-refractivity contribution >= 4 is 11.8 Å². The Labute approximate surface area is 146 Å². The molecule has 2 aromatic rings. The van der Waals surface area contributed by atoms with Crippen LogP contribution >= 0.6 is 0 Å². The Bertz CT molecular complexity index is 761. The highest BCUT2D eigenvalue weighted by atomic mass is 16.2. The summed E-state index contributed by atoms with van der Waals surface area (Å²) >= 11 is 0. The van der Waals surface area contributed by atoms with Gasteiger partial charge >= 0.3 is 0 Å². The molecule has 0 atom stereocenters. The van der Waals surface area contributed by atoms with E-state index >= 15 is 0 Å². The van der Waals surface area contributed by atoms with E-state index in [9.17, 15) is 9.59 Å². The van der Waals surface area contributed by atoms with Crippen LogP contribution in [0, 0.1) is 5.92 Å². The van der Waals surface area contributed by atoms with Gasteiger partial charge < -0.3 is 9.80 Å². The molecule has 1 N–H and O–H groups in total. The quantitative estimate of drug-likeness (QED) is 0.920. The molecular formula is C18H21N5O2. The van der Waals surface area contributed by atoms with Gasteiger partial charge in [-0.25, -0.2) is 0 Å². The highest BCUT2D eigenvalue weighted by molar-refractivity contribution is 5.93. The molecule has 0 radical (unpaired) electrons. The van der Waals surface area contributed by atoms with E-state index in [1.807, 2.05) is 17.0 Å². The summed E-state index contributed by atoms with van der Waals surface area (Å²) in [7, 11) is 0. The van der Waals surface area contributed by atoms with Crippen LogP contribution in [0.5, 0.6) is 0 Å². The molecule has 25 heavy (non-hydrogen) atoms. The van der Waals surface area contributed by atoms with Crippen molar-refractivity contribution in [1.82, 2.24) is 25.0 Å². The van der Waals surface area contributed by atoms with Crippen molar-refractivity contribution in [2.75, 3.05) is 26.2 Å². The molecule has 1 saturated carbocycles. The second-order valence-corrected chi connectivity index (χ2v) is 6.65. The van der Waals surface area contributed by atoms with Crippen molar-refractivity contribution in [3.63, 3.8) is 0 Å². The number of H-pyrrole nitrogens is 1. The number of nitrogens with zero attached hydrogens (tertiary/aromatic N) is 4. The van der Waals surface area contributed by atoms with Crippen LogP contribution in [0.25, 0.3) is 11.3 Å². The van der Waals surface area contributed by atoms with Gasteiger partial charge in [0, 0.05) is 50.1 Å². The van der Waals surface area contributed by atoms with Gasteiger partial charge in [-0.3, -0.25) is 19.7 Å². The normalized spacial score (nSPS) is 18.1. The van der Waals surface area contributed by atoms with Crippen molar-refractivity contribution in [3.05, 3.63) is 36.3 Å². The standard InChI is InChI=1S/C18H21N5O2/c24-17(14-2-1-3-14)22-8-10-23(11-9-22)18(25)16-12-15(20-21-16)13-4-6-19-7-5-13/h4-7,12,14H,1-3,8-11H2,(H,20,21). The number of amides is 2. The van der Waals surface area contributed by atoms with E-state index in [4.69, 9.17) is 0 Å². The minimum Gasteiger partial charge on any atom is -0.339 e. The maximum absolute atomic E-state index is 12.7. The summed E-state index contributed by atoms with van der Waals surface area (Å²) in [5, 5.41) is 7.05. The van der Waals surface area contributed by atoms with Gasteiger partial charge in [-0.15, -0.1) is 0 Å². The fourth-order valence-electron chi connectivity index (χ4n) is 3.32. The Morgan fingerprint density at radius 3 is 2.36 bits per heavy atom. The summed E-state index contributed by atoms with van der Waals surface area (Å²) in [6, 6.07) is 5.48. The zero-order valence-electron chi connectivity index (χ0n) is 14.0. The molecule has 4 rings (SSSR count). The molecule has 7 heteroatoms. The first-order valence-electron chi connectivity index (χ1n) is 8.76. The smallest absolute Gasteiger partial charge is 0.272 e. The summed E-state index contributed by atoms with van der Waals surface area (Å²) in [6.45, 7) is 2.38. The van der Waals surface area contributed by atoms with E-state index < -0.39 is 0 Å². The molecule has 2 aromatic heterocycles. The number of rotatable bonds is 3. The van der Waals surface area contributed by atoms with Gasteiger partial charge in [-0.05, 0) is 31.0 Å². The number of carbonyl (C=O) groups is 2. The summed E-state index contributed by atoms with van der Waals surface area (Å²) in [5.74, 6) is 0.418. The number of nitrogens with one attached hydrogen (secondary N) is 1. The number of hydrogen-bond donors (Lipinski definition) is 1. The first kappa shape index (κ1) is 15.8. The molecule has 0 bridgehead atoms. The lowest BCUT2D eigenvalue weighted by Crippen LogP contribution is -2.52. The van der Waals surface area contributed by atoms with E-state index in [0.717, 1.165) is 30.5 Å². The van der Waals surface area contributed by atoms with Crippen LogP contribution in [0.2, 0.25) is 0 Å². The van der Waals surface area contributed by atoms with Crippen molar-refractivity contribution in [3.8, 4) is 11.3 Å². The third-order valence-corrected chi connectivity index (χ3v) is 5.12. The summed E-state index contributed by atoms with van der Waals surface area (Å²) in [5.41, 5.74) is 2.12. The van der Waals surface area contributed by atoms with Crippen LogP contribution in [0.3, 0.4) is 0 Å². The third-order valence-electron chi connectivity index (χ3n) is 5.12. The van der Waals surface area contributed by atoms with Crippen LogP contribution in [0.4, 0.5) is 0 Å². The van der Waals surface area contributed by atoms with Gasteiger partial charge in [0.1, 0.15) is 5.69 Å². The first-order valence-corrected chi connectivity index (χ1v) is 8.76. The van der Waals surface area contributed by atoms with Crippen molar-refractivity contribution < 1.29 is 9.59 Å². The summed E-state index contributed by atoms with van der Waals surface area (Å²) in [6.07, 6.45) is 6.59. The molecule has 0 aromatic carbocycles. The number of piperazine rings is 1. The average molecular weight is 339 g/mol. The fraction of sp³-hybridized carbons (Fsp3) is 0.444. The lowest BCUT2D eigenvalue weighted by Gasteiger charge is -2.38. The van der Waals surface area contributed by atoms with Crippen molar-refractivity contribution in [2.45, 2.75) is 19.3 Å². The maximum Gasteiger partial charge on any atom is 0.272 e. The fourth-order valence-corrected chi connectivity index (χ4v) is 3.32. The minimum atomic E-state index is -0.0662. The van der Waals surface area contributed by atoms with Gasteiger partial charge in [0.05, 0.1) is 5.69 Å². The summed E-state index contributed by atoms with van der Waals surface area (Å²) < 4.78 is 0. The number of aromatic nitrogens is 3. The Kier molecular flexibility index (Phi) is 4.21. The molecular weight excluding hydrogens is 318 g/mol. The van der Waals surface area contributed by atoms with Gasteiger partial charge in [0.15, 0.2) is 0 Å². The zero-order chi connectivity index (χ0) is 17.2. The Hall–Kier alpha value is -2.70. The van der Waals surface area contributed by atoms with Crippen LogP contribution in [-0.2, 0) is 4.79 Å². The molecule has 2 fully saturated rings. The lowest BCUT2D eigenvalue weighted by atomic mass is 9.84. The van der Waals surface area contributed by atoms with E-state index in [2.05, 4.69) is 15.2 Å². The average Bonchev–Trinajstić information content (AvgIpc) is 3.10. The van der Waals surface area contributed by atoms with E-state index in [0.29, 0.717) is 31.9 Å². The topological polar surface area (TPSA) is 82.2 Å². The van der Waals surface area contributed by atoms with Crippen LogP contribution < -0.4 is 0 Å². The molecule has 1 aliphatic heterocycles. The second kappa shape index (κ2) is 6.66. The molecule has 0 spiro atoms. The molecule has 2 aliphatic rings. The van der Waals surface area contributed by atoms with Gasteiger partial charge in [-0.2, -0.15) is 5.10 Å². The number of pyridine rings is 1. The number of aromatic amines is 1. The van der Waals surface area contributed by atoms with Crippen molar-refractivity contribution in [1.29, 1.82) is 0 Å². The number of hydrogen-bond acceptors (Lipinski definition) is 4. The highest BCUT2D eigenvalue weighted by Crippen LogP contribution is 2.28. The summed E-state index contributed by atoms with van der Waals surface area (Å²) in [4.78, 5) is 32.6. The van der Waals surface area contributed by atoms with E-state index in [-0.39, 0.29) is 17.7 Å². The maximum atomic E-state index is 12.7. The molecule has 7 nitrogen and oxygen atoms in total. The largest absolute Gasteiger partial charge is 0.339 e. The van der Waals surface area contributed by atoms with E-state index in [1.54, 1.807) is 23.4 Å².